The minimum absolute atomic E-state index is 0.125. The molecule has 0 saturated carbocycles. The highest BCUT2D eigenvalue weighted by atomic mass is 16.6. The van der Waals surface area contributed by atoms with Gasteiger partial charge in [-0.05, 0) is 43.5 Å². The minimum atomic E-state index is -0.473. The van der Waals surface area contributed by atoms with Gasteiger partial charge in [-0.3, -0.25) is 14.9 Å². The number of nitro benzene ring substituents is 1. The molecule has 0 saturated heterocycles. The number of fused-ring (bicyclic) bond motifs is 1. The van der Waals surface area contributed by atoms with Crippen molar-refractivity contribution in [3.63, 3.8) is 0 Å². The maximum Gasteiger partial charge on any atom is 0.294 e. The number of aromatic nitrogens is 2. The molecule has 1 aliphatic rings. The number of nitrogens with zero attached hydrogens (tertiary/aromatic N) is 4. The summed E-state index contributed by atoms with van der Waals surface area (Å²) in [6, 6.07) is 10.6. The van der Waals surface area contributed by atoms with E-state index >= 15 is 0 Å². The van der Waals surface area contributed by atoms with E-state index in [2.05, 4.69) is 11.1 Å². The Hall–Kier alpha value is -3.48. The molecule has 0 spiro atoms. The number of benzene rings is 2. The molecule has 2 aromatic carbocycles. The second-order valence-electron chi connectivity index (χ2n) is 6.62. The van der Waals surface area contributed by atoms with Crippen molar-refractivity contribution in [1.29, 1.82) is 0 Å². The molecule has 0 radical (unpaired) electrons. The SMILES string of the molecule is Cc1ccc2c(c1)CCCN2C(=O)c1ccc(-n2ccnc2)c([N+](=O)[O-])c1. The number of imidazole rings is 1. The molecule has 1 amide bonds. The lowest BCUT2D eigenvalue weighted by Crippen LogP contribution is -2.35. The summed E-state index contributed by atoms with van der Waals surface area (Å²) >= 11 is 0. The maximum absolute atomic E-state index is 13.1. The number of carbonyl (C=O) groups is 1. The third-order valence-corrected chi connectivity index (χ3v) is 4.80. The molecule has 0 unspecified atom stereocenters. The number of carbonyl (C=O) groups excluding carboxylic acids is 1. The Morgan fingerprint density at radius 3 is 2.74 bits per heavy atom. The number of anilines is 1. The van der Waals surface area contributed by atoms with Crippen molar-refractivity contribution in [1.82, 2.24) is 9.55 Å². The summed E-state index contributed by atoms with van der Waals surface area (Å²) in [6.07, 6.45) is 6.48. The van der Waals surface area contributed by atoms with Crippen molar-refractivity contribution in [2.75, 3.05) is 11.4 Å². The van der Waals surface area contributed by atoms with E-state index in [-0.39, 0.29) is 11.6 Å². The van der Waals surface area contributed by atoms with Crippen LogP contribution in [0.2, 0.25) is 0 Å². The van der Waals surface area contributed by atoms with Crippen LogP contribution in [0.1, 0.15) is 27.9 Å². The third kappa shape index (κ3) is 3.08. The van der Waals surface area contributed by atoms with Crippen LogP contribution in [-0.2, 0) is 6.42 Å². The van der Waals surface area contributed by atoms with Crippen molar-refractivity contribution >= 4 is 17.3 Å². The zero-order valence-corrected chi connectivity index (χ0v) is 14.8. The van der Waals surface area contributed by atoms with Gasteiger partial charge >= 0.3 is 0 Å². The standard InChI is InChI=1S/C20H18N4O3/c1-14-4-6-17-15(11-14)3-2-9-23(17)20(25)16-5-7-18(19(12-16)24(26)27)22-10-8-21-13-22/h4-8,10-13H,2-3,9H2,1H3. The van der Waals surface area contributed by atoms with E-state index in [1.165, 1.54) is 12.4 Å². The number of rotatable bonds is 3. The smallest absolute Gasteiger partial charge is 0.294 e. The Balaban J connectivity index is 1.73. The number of hydrogen-bond donors (Lipinski definition) is 0. The molecule has 7 nitrogen and oxygen atoms in total. The molecule has 136 valence electrons. The van der Waals surface area contributed by atoms with Crippen LogP contribution in [0.25, 0.3) is 5.69 Å². The van der Waals surface area contributed by atoms with Crippen LogP contribution < -0.4 is 4.90 Å². The van der Waals surface area contributed by atoms with Crippen molar-refractivity contribution in [3.8, 4) is 5.69 Å². The average molecular weight is 362 g/mol. The first-order valence-corrected chi connectivity index (χ1v) is 8.73. The highest BCUT2D eigenvalue weighted by Gasteiger charge is 2.26. The van der Waals surface area contributed by atoms with E-state index < -0.39 is 4.92 Å². The number of aryl methyl sites for hydroxylation is 2. The van der Waals surface area contributed by atoms with Gasteiger partial charge in [0.15, 0.2) is 0 Å². The Kier molecular flexibility index (Phi) is 4.19. The predicted molar refractivity (Wildman–Crippen MR) is 101 cm³/mol. The largest absolute Gasteiger partial charge is 0.308 e. The lowest BCUT2D eigenvalue weighted by atomic mass is 9.98. The monoisotopic (exact) mass is 362 g/mol. The molecule has 2 heterocycles. The van der Waals surface area contributed by atoms with Crippen LogP contribution in [-0.4, -0.2) is 26.9 Å². The van der Waals surface area contributed by atoms with Gasteiger partial charge in [0.2, 0.25) is 0 Å². The second-order valence-corrected chi connectivity index (χ2v) is 6.62. The van der Waals surface area contributed by atoms with Crippen molar-refractivity contribution < 1.29 is 9.72 Å². The minimum Gasteiger partial charge on any atom is -0.308 e. The van der Waals surface area contributed by atoms with Crippen LogP contribution in [0, 0.1) is 17.0 Å². The van der Waals surface area contributed by atoms with Crippen LogP contribution in [0.5, 0.6) is 0 Å². The van der Waals surface area contributed by atoms with Crippen LogP contribution in [0.15, 0.2) is 55.1 Å². The van der Waals surface area contributed by atoms with Crippen LogP contribution in [0.3, 0.4) is 0 Å². The summed E-state index contributed by atoms with van der Waals surface area (Å²) in [6.45, 7) is 2.63. The quantitative estimate of drug-likeness (QED) is 0.526. The van der Waals surface area contributed by atoms with Crippen molar-refractivity contribution in [2.24, 2.45) is 0 Å². The summed E-state index contributed by atoms with van der Waals surface area (Å²) in [5, 5.41) is 11.6. The molecular formula is C20H18N4O3. The fourth-order valence-electron chi connectivity index (χ4n) is 3.52. The Bertz CT molecular complexity index is 1030. The molecule has 1 aromatic heterocycles. The van der Waals surface area contributed by atoms with E-state index in [0.717, 1.165) is 29.7 Å². The highest BCUT2D eigenvalue weighted by molar-refractivity contribution is 6.07. The molecule has 0 atom stereocenters. The zero-order valence-electron chi connectivity index (χ0n) is 14.8. The Morgan fingerprint density at radius 1 is 1.19 bits per heavy atom. The first-order chi connectivity index (χ1) is 13.0. The highest BCUT2D eigenvalue weighted by Crippen LogP contribution is 2.31. The average Bonchev–Trinajstić information content (AvgIpc) is 3.20. The van der Waals surface area contributed by atoms with Crippen molar-refractivity contribution in [3.05, 3.63) is 81.9 Å². The van der Waals surface area contributed by atoms with E-state index in [1.54, 1.807) is 34.0 Å². The van der Waals surface area contributed by atoms with Gasteiger partial charge < -0.3 is 9.47 Å². The summed E-state index contributed by atoms with van der Waals surface area (Å²) in [7, 11) is 0. The second kappa shape index (κ2) is 6.68. The van der Waals surface area contributed by atoms with Gasteiger partial charge in [0.05, 0.1) is 11.3 Å². The first kappa shape index (κ1) is 17.0. The molecule has 0 bridgehead atoms. The molecule has 0 N–H and O–H groups in total. The van der Waals surface area contributed by atoms with Gasteiger partial charge in [0, 0.05) is 36.3 Å². The number of nitro groups is 1. The fourth-order valence-corrected chi connectivity index (χ4v) is 3.52. The van der Waals surface area contributed by atoms with Gasteiger partial charge in [-0.15, -0.1) is 0 Å². The van der Waals surface area contributed by atoms with Crippen LogP contribution in [0.4, 0.5) is 11.4 Å². The molecule has 27 heavy (non-hydrogen) atoms. The summed E-state index contributed by atoms with van der Waals surface area (Å²) in [4.78, 5) is 29.8. The van der Waals surface area contributed by atoms with Gasteiger partial charge in [-0.1, -0.05) is 17.7 Å². The van der Waals surface area contributed by atoms with Gasteiger partial charge in [0.1, 0.15) is 5.69 Å². The number of hydrogen-bond acceptors (Lipinski definition) is 4. The summed E-state index contributed by atoms with van der Waals surface area (Å²) in [5.74, 6) is -0.222. The first-order valence-electron chi connectivity index (χ1n) is 8.73. The van der Waals surface area contributed by atoms with E-state index in [0.29, 0.717) is 17.8 Å². The molecule has 0 fully saturated rings. The number of amides is 1. The zero-order chi connectivity index (χ0) is 19.0. The topological polar surface area (TPSA) is 81.3 Å². The van der Waals surface area contributed by atoms with E-state index in [1.807, 2.05) is 19.1 Å². The molecule has 1 aliphatic heterocycles. The summed E-state index contributed by atoms with van der Waals surface area (Å²) < 4.78 is 1.56. The maximum atomic E-state index is 13.1. The van der Waals surface area contributed by atoms with Crippen LogP contribution >= 0.6 is 0 Å². The lowest BCUT2D eigenvalue weighted by molar-refractivity contribution is -0.384. The van der Waals surface area contributed by atoms with Gasteiger partial charge in [-0.25, -0.2) is 4.98 Å². The molecular weight excluding hydrogens is 344 g/mol. The van der Waals surface area contributed by atoms with Gasteiger partial charge in [0.25, 0.3) is 11.6 Å². The molecule has 3 aromatic rings. The Morgan fingerprint density at radius 2 is 2.00 bits per heavy atom. The van der Waals surface area contributed by atoms with E-state index in [9.17, 15) is 14.9 Å². The predicted octanol–water partition coefficient (Wildman–Crippen LogP) is 3.68. The van der Waals surface area contributed by atoms with E-state index in [4.69, 9.17) is 0 Å². The molecule has 0 aliphatic carbocycles. The molecule has 7 heteroatoms. The normalized spacial score (nSPS) is 13.3. The lowest BCUT2D eigenvalue weighted by Gasteiger charge is -2.30. The Labute approximate surface area is 156 Å². The van der Waals surface area contributed by atoms with Gasteiger partial charge in [-0.2, -0.15) is 0 Å². The molecule has 4 rings (SSSR count). The fraction of sp³-hybridized carbons (Fsp3) is 0.200. The third-order valence-electron chi connectivity index (χ3n) is 4.80. The van der Waals surface area contributed by atoms with Crippen molar-refractivity contribution in [2.45, 2.75) is 19.8 Å². The summed E-state index contributed by atoms with van der Waals surface area (Å²) in [5.41, 5.74) is 3.74.